The van der Waals surface area contributed by atoms with Crippen molar-refractivity contribution in [3.63, 3.8) is 0 Å². The van der Waals surface area contributed by atoms with E-state index in [4.69, 9.17) is 9.47 Å². The van der Waals surface area contributed by atoms with E-state index >= 15 is 4.39 Å². The van der Waals surface area contributed by atoms with Gasteiger partial charge in [0.2, 0.25) is 11.8 Å². The molecular weight excluding hydrogens is 321 g/mol. The number of rotatable bonds is 5. The Morgan fingerprint density at radius 1 is 1.16 bits per heavy atom. The van der Waals surface area contributed by atoms with Gasteiger partial charge in [-0.05, 0) is 37.0 Å². The second-order valence-electron chi connectivity index (χ2n) is 6.06. The highest BCUT2D eigenvalue weighted by Crippen LogP contribution is 2.44. The maximum atomic E-state index is 15.3. The van der Waals surface area contributed by atoms with Crippen LogP contribution in [0.5, 0.6) is 17.5 Å². The highest BCUT2D eigenvalue weighted by atomic mass is 19.1. The van der Waals surface area contributed by atoms with Crippen molar-refractivity contribution in [3.05, 3.63) is 54.2 Å². The molecule has 128 valence electrons. The van der Waals surface area contributed by atoms with Crippen molar-refractivity contribution in [1.82, 2.24) is 15.0 Å². The molecular formula is C19H18FN3O2. The summed E-state index contributed by atoms with van der Waals surface area (Å²) in [5, 5.41) is 0. The smallest absolute Gasteiger partial charge is 0.226 e. The average Bonchev–Trinajstić information content (AvgIpc) is 3.11. The fraction of sp³-hybridized carbons (Fsp3) is 0.263. The van der Waals surface area contributed by atoms with Gasteiger partial charge in [-0.1, -0.05) is 12.5 Å². The van der Waals surface area contributed by atoms with E-state index in [9.17, 15) is 0 Å². The second kappa shape index (κ2) is 6.55. The lowest BCUT2D eigenvalue weighted by atomic mass is 9.79. The number of aromatic amines is 1. The van der Waals surface area contributed by atoms with Crippen LogP contribution >= 0.6 is 0 Å². The van der Waals surface area contributed by atoms with Crippen LogP contribution in [-0.2, 0) is 0 Å². The third-order valence-electron chi connectivity index (χ3n) is 4.59. The molecule has 0 amide bonds. The molecule has 0 aliphatic heterocycles. The number of aromatic nitrogens is 3. The van der Waals surface area contributed by atoms with Gasteiger partial charge in [0.1, 0.15) is 6.33 Å². The number of halogens is 1. The number of benzene rings is 1. The summed E-state index contributed by atoms with van der Waals surface area (Å²) in [4.78, 5) is 11.1. The molecule has 2 aromatic heterocycles. The zero-order chi connectivity index (χ0) is 17.2. The summed E-state index contributed by atoms with van der Waals surface area (Å²) in [6.45, 7) is 0. The lowest BCUT2D eigenvalue weighted by Crippen LogP contribution is -2.11. The van der Waals surface area contributed by atoms with Crippen molar-refractivity contribution in [3.8, 4) is 28.8 Å². The van der Waals surface area contributed by atoms with Gasteiger partial charge in [0.15, 0.2) is 11.6 Å². The summed E-state index contributed by atoms with van der Waals surface area (Å²) >= 11 is 0. The van der Waals surface area contributed by atoms with Crippen LogP contribution in [0.25, 0.3) is 11.3 Å². The van der Waals surface area contributed by atoms with Gasteiger partial charge in [0.05, 0.1) is 13.2 Å². The van der Waals surface area contributed by atoms with E-state index in [2.05, 4.69) is 15.0 Å². The first-order chi connectivity index (χ1) is 12.3. The first kappa shape index (κ1) is 15.6. The predicted molar refractivity (Wildman–Crippen MR) is 91.4 cm³/mol. The van der Waals surface area contributed by atoms with Crippen LogP contribution in [0.1, 0.15) is 30.7 Å². The first-order valence-corrected chi connectivity index (χ1v) is 8.26. The van der Waals surface area contributed by atoms with Crippen molar-refractivity contribution < 1.29 is 13.9 Å². The van der Waals surface area contributed by atoms with Gasteiger partial charge in [0.25, 0.3) is 0 Å². The summed E-state index contributed by atoms with van der Waals surface area (Å²) in [5.41, 5.74) is 2.07. The molecule has 3 aromatic rings. The maximum Gasteiger partial charge on any atom is 0.226 e. The minimum Gasteiger partial charge on any atom is -0.481 e. The van der Waals surface area contributed by atoms with Gasteiger partial charge < -0.3 is 14.5 Å². The highest BCUT2D eigenvalue weighted by molar-refractivity contribution is 5.64. The molecule has 0 radical (unpaired) electrons. The standard InChI is InChI=1S/C19H18FN3O2/c1-24-16-10-17(23-11-22-16)25-19-13(12-4-2-5-12)7-8-14(18(19)20)15-6-3-9-21-15/h3,6-12,21H,2,4-5H2,1H3. The molecule has 1 aliphatic rings. The third-order valence-corrected chi connectivity index (χ3v) is 4.59. The fourth-order valence-electron chi connectivity index (χ4n) is 3.02. The zero-order valence-electron chi connectivity index (χ0n) is 13.8. The van der Waals surface area contributed by atoms with E-state index in [1.54, 1.807) is 12.3 Å². The number of H-pyrrole nitrogens is 1. The largest absolute Gasteiger partial charge is 0.481 e. The molecule has 0 unspecified atom stereocenters. The molecule has 4 rings (SSSR count). The Kier molecular flexibility index (Phi) is 4.09. The Morgan fingerprint density at radius 2 is 2.00 bits per heavy atom. The number of nitrogens with one attached hydrogen (secondary N) is 1. The van der Waals surface area contributed by atoms with Crippen molar-refractivity contribution in [2.75, 3.05) is 7.11 Å². The summed E-state index contributed by atoms with van der Waals surface area (Å²) < 4.78 is 26.2. The van der Waals surface area contributed by atoms with Crippen LogP contribution in [0.15, 0.2) is 42.9 Å². The van der Waals surface area contributed by atoms with Gasteiger partial charge >= 0.3 is 0 Å². The summed E-state index contributed by atoms with van der Waals surface area (Å²) in [7, 11) is 1.51. The van der Waals surface area contributed by atoms with Crippen LogP contribution in [0.2, 0.25) is 0 Å². The van der Waals surface area contributed by atoms with Crippen molar-refractivity contribution in [2.24, 2.45) is 0 Å². The quantitative estimate of drug-likeness (QED) is 0.733. The topological polar surface area (TPSA) is 60.0 Å². The molecule has 1 aromatic carbocycles. The molecule has 25 heavy (non-hydrogen) atoms. The Labute approximate surface area is 144 Å². The summed E-state index contributed by atoms with van der Waals surface area (Å²) in [6.07, 6.45) is 6.36. The Hall–Kier alpha value is -2.89. The Bertz CT molecular complexity index is 876. The molecule has 5 nitrogen and oxygen atoms in total. The van der Waals surface area contributed by atoms with Gasteiger partial charge in [-0.3, -0.25) is 0 Å². The van der Waals surface area contributed by atoms with Gasteiger partial charge in [0, 0.05) is 23.0 Å². The van der Waals surface area contributed by atoms with E-state index < -0.39 is 0 Å². The van der Waals surface area contributed by atoms with Gasteiger partial charge in [-0.15, -0.1) is 0 Å². The van der Waals surface area contributed by atoms with E-state index in [0.29, 0.717) is 23.1 Å². The number of hydrogen-bond acceptors (Lipinski definition) is 4. The molecule has 2 heterocycles. The molecule has 0 bridgehead atoms. The number of ether oxygens (including phenoxy) is 2. The number of nitrogens with zero attached hydrogens (tertiary/aromatic N) is 2. The Balaban J connectivity index is 1.78. The number of methoxy groups -OCH3 is 1. The van der Waals surface area contributed by atoms with Crippen LogP contribution in [-0.4, -0.2) is 22.1 Å². The van der Waals surface area contributed by atoms with E-state index in [1.165, 1.54) is 13.4 Å². The average molecular weight is 339 g/mol. The monoisotopic (exact) mass is 339 g/mol. The van der Waals surface area contributed by atoms with Crippen LogP contribution in [0.4, 0.5) is 4.39 Å². The molecule has 1 saturated carbocycles. The van der Waals surface area contributed by atoms with Crippen LogP contribution in [0, 0.1) is 5.82 Å². The van der Waals surface area contributed by atoms with Crippen molar-refractivity contribution in [2.45, 2.75) is 25.2 Å². The number of hydrogen-bond donors (Lipinski definition) is 1. The molecule has 0 atom stereocenters. The van der Waals surface area contributed by atoms with E-state index in [0.717, 1.165) is 24.8 Å². The maximum absolute atomic E-state index is 15.3. The highest BCUT2D eigenvalue weighted by Gasteiger charge is 2.27. The lowest BCUT2D eigenvalue weighted by Gasteiger charge is -2.28. The van der Waals surface area contributed by atoms with E-state index in [-0.39, 0.29) is 17.4 Å². The van der Waals surface area contributed by atoms with Gasteiger partial charge in [-0.25, -0.2) is 14.4 Å². The fourth-order valence-corrected chi connectivity index (χ4v) is 3.02. The van der Waals surface area contributed by atoms with Crippen LogP contribution < -0.4 is 9.47 Å². The molecule has 1 fully saturated rings. The molecule has 0 saturated heterocycles. The van der Waals surface area contributed by atoms with Gasteiger partial charge in [-0.2, -0.15) is 0 Å². The Morgan fingerprint density at radius 3 is 2.68 bits per heavy atom. The SMILES string of the molecule is COc1cc(Oc2c(C3CCC3)ccc(-c3ccc[nH]3)c2F)ncn1. The minimum atomic E-state index is -0.385. The normalized spacial score (nSPS) is 14.2. The second-order valence-corrected chi connectivity index (χ2v) is 6.06. The predicted octanol–water partition coefficient (Wildman–Crippen LogP) is 4.68. The zero-order valence-corrected chi connectivity index (χ0v) is 13.8. The minimum absolute atomic E-state index is 0.234. The van der Waals surface area contributed by atoms with E-state index in [1.807, 2.05) is 24.3 Å². The molecule has 1 N–H and O–H groups in total. The molecule has 6 heteroatoms. The first-order valence-electron chi connectivity index (χ1n) is 8.26. The van der Waals surface area contributed by atoms with Crippen LogP contribution in [0.3, 0.4) is 0 Å². The van der Waals surface area contributed by atoms with Crippen molar-refractivity contribution in [1.29, 1.82) is 0 Å². The summed E-state index contributed by atoms with van der Waals surface area (Å²) in [5.74, 6) is 0.805. The van der Waals surface area contributed by atoms with Crippen molar-refractivity contribution >= 4 is 0 Å². The lowest BCUT2D eigenvalue weighted by molar-refractivity contribution is 0.368. The third kappa shape index (κ3) is 2.95. The summed E-state index contributed by atoms with van der Waals surface area (Å²) in [6, 6.07) is 8.98. The molecule has 1 aliphatic carbocycles. The molecule has 0 spiro atoms.